The summed E-state index contributed by atoms with van der Waals surface area (Å²) in [6.45, 7) is 1.62. The summed E-state index contributed by atoms with van der Waals surface area (Å²) in [4.78, 5) is 20.2. The van der Waals surface area contributed by atoms with Gasteiger partial charge in [-0.15, -0.1) is 0 Å². The second-order valence-electron chi connectivity index (χ2n) is 3.02. The van der Waals surface area contributed by atoms with E-state index >= 15 is 0 Å². The number of hydrogen-bond donors (Lipinski definition) is 1. The standard InChI is InChI=1S/C10H10N2O3/c1-7-5-8(3-2-4-13)9(11)6-10(7)12(14)15/h2-6H,11H2,1H3. The monoisotopic (exact) mass is 206 g/mol. The molecule has 1 aromatic carbocycles. The van der Waals surface area contributed by atoms with Gasteiger partial charge in [0.15, 0.2) is 0 Å². The van der Waals surface area contributed by atoms with Gasteiger partial charge >= 0.3 is 0 Å². The number of anilines is 1. The average Bonchev–Trinajstić information content (AvgIpc) is 2.18. The lowest BCUT2D eigenvalue weighted by atomic mass is 10.1. The Hall–Kier alpha value is -2.17. The van der Waals surface area contributed by atoms with Crippen LogP contribution < -0.4 is 5.73 Å². The predicted molar refractivity (Wildman–Crippen MR) is 57.3 cm³/mol. The number of nitrogens with two attached hydrogens (primary N) is 1. The average molecular weight is 206 g/mol. The summed E-state index contributed by atoms with van der Waals surface area (Å²) in [5, 5.41) is 10.6. The molecule has 0 radical (unpaired) electrons. The van der Waals surface area contributed by atoms with Crippen molar-refractivity contribution in [1.29, 1.82) is 0 Å². The van der Waals surface area contributed by atoms with Gasteiger partial charge in [-0.25, -0.2) is 0 Å². The van der Waals surface area contributed by atoms with Crippen LogP contribution in [-0.4, -0.2) is 11.2 Å². The van der Waals surface area contributed by atoms with Gasteiger partial charge < -0.3 is 5.73 Å². The van der Waals surface area contributed by atoms with E-state index in [4.69, 9.17) is 5.73 Å². The van der Waals surface area contributed by atoms with Gasteiger partial charge in [-0.05, 0) is 30.7 Å². The van der Waals surface area contributed by atoms with Gasteiger partial charge in [-0.3, -0.25) is 14.9 Å². The summed E-state index contributed by atoms with van der Waals surface area (Å²) in [5.74, 6) is 0. The summed E-state index contributed by atoms with van der Waals surface area (Å²) in [7, 11) is 0. The quantitative estimate of drug-likeness (QED) is 0.268. The summed E-state index contributed by atoms with van der Waals surface area (Å²) in [6.07, 6.45) is 3.42. The number of nitrogen functional groups attached to an aromatic ring is 1. The third-order valence-electron chi connectivity index (χ3n) is 1.95. The zero-order valence-electron chi connectivity index (χ0n) is 8.14. The van der Waals surface area contributed by atoms with Crippen molar-refractivity contribution in [3.63, 3.8) is 0 Å². The van der Waals surface area contributed by atoms with E-state index in [9.17, 15) is 14.9 Å². The zero-order valence-corrected chi connectivity index (χ0v) is 8.14. The minimum absolute atomic E-state index is 0.0178. The van der Waals surface area contributed by atoms with Gasteiger partial charge in [0, 0.05) is 17.3 Å². The third-order valence-corrected chi connectivity index (χ3v) is 1.95. The number of nitro groups is 1. The topological polar surface area (TPSA) is 86.2 Å². The van der Waals surface area contributed by atoms with Crippen LogP contribution in [0.5, 0.6) is 0 Å². The number of aldehydes is 1. The largest absolute Gasteiger partial charge is 0.398 e. The van der Waals surface area contributed by atoms with Crippen LogP contribution in [0, 0.1) is 17.0 Å². The van der Waals surface area contributed by atoms with Gasteiger partial charge in [-0.1, -0.05) is 0 Å². The first-order valence-corrected chi connectivity index (χ1v) is 4.22. The van der Waals surface area contributed by atoms with Gasteiger partial charge in [0.1, 0.15) is 6.29 Å². The minimum Gasteiger partial charge on any atom is -0.398 e. The fourth-order valence-electron chi connectivity index (χ4n) is 1.22. The van der Waals surface area contributed by atoms with Crippen LogP contribution in [0.1, 0.15) is 11.1 Å². The fraction of sp³-hybridized carbons (Fsp3) is 0.100. The molecule has 0 spiro atoms. The van der Waals surface area contributed by atoms with E-state index in [-0.39, 0.29) is 11.4 Å². The molecule has 0 fully saturated rings. The van der Waals surface area contributed by atoms with Crippen LogP contribution >= 0.6 is 0 Å². The second kappa shape index (κ2) is 4.36. The Morgan fingerprint density at radius 2 is 2.13 bits per heavy atom. The van der Waals surface area contributed by atoms with E-state index in [0.717, 1.165) is 0 Å². The van der Waals surface area contributed by atoms with E-state index in [1.807, 2.05) is 0 Å². The molecule has 0 amide bonds. The predicted octanol–water partition coefficient (Wildman–Crippen LogP) is 1.70. The maximum atomic E-state index is 10.6. The van der Waals surface area contributed by atoms with Crippen molar-refractivity contribution in [2.24, 2.45) is 0 Å². The fourth-order valence-corrected chi connectivity index (χ4v) is 1.22. The van der Waals surface area contributed by atoms with Crippen molar-refractivity contribution in [2.45, 2.75) is 6.92 Å². The van der Waals surface area contributed by atoms with Crippen molar-refractivity contribution in [2.75, 3.05) is 5.73 Å². The molecule has 0 saturated carbocycles. The molecule has 15 heavy (non-hydrogen) atoms. The van der Waals surface area contributed by atoms with Gasteiger partial charge in [0.05, 0.1) is 4.92 Å². The normalized spacial score (nSPS) is 10.5. The molecule has 5 nitrogen and oxygen atoms in total. The molecule has 2 N–H and O–H groups in total. The van der Waals surface area contributed by atoms with Crippen molar-refractivity contribution in [3.8, 4) is 0 Å². The van der Waals surface area contributed by atoms with Crippen LogP contribution in [0.15, 0.2) is 18.2 Å². The number of carbonyl (C=O) groups is 1. The minimum atomic E-state index is -0.487. The molecule has 78 valence electrons. The van der Waals surface area contributed by atoms with Crippen LogP contribution in [0.4, 0.5) is 11.4 Å². The van der Waals surface area contributed by atoms with Crippen LogP contribution in [-0.2, 0) is 4.79 Å². The molecular formula is C10H10N2O3. The Labute approximate surface area is 86.4 Å². The Bertz CT molecular complexity index is 439. The zero-order chi connectivity index (χ0) is 11.4. The van der Waals surface area contributed by atoms with Crippen LogP contribution in [0.2, 0.25) is 0 Å². The van der Waals surface area contributed by atoms with E-state index in [2.05, 4.69) is 0 Å². The second-order valence-corrected chi connectivity index (χ2v) is 3.02. The number of carbonyl (C=O) groups excluding carboxylic acids is 1. The number of allylic oxidation sites excluding steroid dienone is 1. The van der Waals surface area contributed by atoms with Crippen molar-refractivity contribution in [1.82, 2.24) is 0 Å². The highest BCUT2D eigenvalue weighted by atomic mass is 16.6. The van der Waals surface area contributed by atoms with E-state index in [1.54, 1.807) is 13.0 Å². The SMILES string of the molecule is Cc1cc(C=CC=O)c(N)cc1[N+](=O)[O-]. The highest BCUT2D eigenvalue weighted by molar-refractivity contribution is 5.78. The summed E-state index contributed by atoms with van der Waals surface area (Å²) < 4.78 is 0. The number of hydrogen-bond acceptors (Lipinski definition) is 4. The molecule has 0 unspecified atom stereocenters. The third kappa shape index (κ3) is 2.40. The Kier molecular flexibility index (Phi) is 3.17. The highest BCUT2D eigenvalue weighted by Gasteiger charge is 2.12. The highest BCUT2D eigenvalue weighted by Crippen LogP contribution is 2.25. The summed E-state index contributed by atoms with van der Waals surface area (Å²) in [5.41, 5.74) is 6.98. The van der Waals surface area contributed by atoms with Crippen molar-refractivity contribution >= 4 is 23.7 Å². The Morgan fingerprint density at radius 1 is 1.47 bits per heavy atom. The molecule has 1 rings (SSSR count). The maximum Gasteiger partial charge on any atom is 0.274 e. The Morgan fingerprint density at radius 3 is 2.67 bits per heavy atom. The first-order valence-electron chi connectivity index (χ1n) is 4.22. The number of aryl methyl sites for hydroxylation is 1. The molecule has 5 heteroatoms. The van der Waals surface area contributed by atoms with Gasteiger partial charge in [0.2, 0.25) is 0 Å². The first-order chi connectivity index (χ1) is 7.06. The number of rotatable bonds is 3. The van der Waals surface area contributed by atoms with Crippen LogP contribution in [0.3, 0.4) is 0 Å². The molecule has 0 bridgehead atoms. The molecule has 0 aromatic heterocycles. The molecule has 0 aliphatic rings. The van der Waals surface area contributed by atoms with Gasteiger partial charge in [0.25, 0.3) is 5.69 Å². The lowest BCUT2D eigenvalue weighted by Crippen LogP contribution is -1.96. The van der Waals surface area contributed by atoms with E-state index in [0.29, 0.717) is 17.4 Å². The molecule has 0 aliphatic carbocycles. The van der Waals surface area contributed by atoms with E-state index in [1.165, 1.54) is 18.2 Å². The number of nitrogens with zero attached hydrogens (tertiary/aromatic N) is 1. The molecule has 0 saturated heterocycles. The van der Waals surface area contributed by atoms with E-state index < -0.39 is 4.92 Å². The maximum absolute atomic E-state index is 10.6. The van der Waals surface area contributed by atoms with Crippen LogP contribution in [0.25, 0.3) is 6.08 Å². The molecule has 1 aromatic rings. The Balaban J connectivity index is 3.25. The number of nitro benzene ring substituents is 1. The lowest BCUT2D eigenvalue weighted by molar-refractivity contribution is -0.385. The first kappa shape index (κ1) is 10.9. The smallest absolute Gasteiger partial charge is 0.274 e. The number of benzene rings is 1. The van der Waals surface area contributed by atoms with Crippen molar-refractivity contribution < 1.29 is 9.72 Å². The van der Waals surface area contributed by atoms with Crippen molar-refractivity contribution in [3.05, 3.63) is 39.4 Å². The molecule has 0 aliphatic heterocycles. The molecule has 0 heterocycles. The summed E-state index contributed by atoms with van der Waals surface area (Å²) in [6, 6.07) is 2.87. The lowest BCUT2D eigenvalue weighted by Gasteiger charge is -2.02. The molecule has 0 atom stereocenters. The molecular weight excluding hydrogens is 196 g/mol. The van der Waals surface area contributed by atoms with Gasteiger partial charge in [-0.2, -0.15) is 0 Å². The summed E-state index contributed by atoms with van der Waals surface area (Å²) >= 11 is 0.